The Kier molecular flexibility index (Phi) is 6.99. The van der Waals surface area contributed by atoms with Crippen molar-refractivity contribution in [3.63, 3.8) is 0 Å². The Morgan fingerprint density at radius 3 is 2.11 bits per heavy atom. The summed E-state index contributed by atoms with van der Waals surface area (Å²) in [6, 6.07) is 6.54. The lowest BCUT2D eigenvalue weighted by atomic mass is 9.43. The first-order valence-electron chi connectivity index (χ1n) is 14.4. The highest BCUT2D eigenvalue weighted by atomic mass is 16.2. The average Bonchev–Trinajstić information content (AvgIpc) is 2.81. The number of carbonyl (C=O) groups excluding carboxylic acids is 3. The summed E-state index contributed by atoms with van der Waals surface area (Å²) in [6.07, 6.45) is 8.50. The first-order valence-corrected chi connectivity index (χ1v) is 14.4. The highest BCUT2D eigenvalue weighted by molar-refractivity contribution is 5.95. The molecule has 4 aliphatic carbocycles. The highest BCUT2D eigenvalue weighted by Crippen LogP contribution is 2.66. The van der Waals surface area contributed by atoms with E-state index >= 15 is 0 Å². The van der Waals surface area contributed by atoms with Gasteiger partial charge in [0.05, 0.1) is 6.04 Å². The van der Waals surface area contributed by atoms with Crippen LogP contribution in [-0.2, 0) is 4.79 Å². The van der Waals surface area contributed by atoms with Crippen LogP contribution in [0.15, 0.2) is 24.3 Å². The molecular formula is C30H45N5O3. The van der Waals surface area contributed by atoms with Crippen LogP contribution in [-0.4, -0.2) is 53.5 Å². The summed E-state index contributed by atoms with van der Waals surface area (Å²) in [4.78, 5) is 40.2. The molecule has 0 aromatic heterocycles. The normalized spacial score (nSPS) is 33.2. The molecule has 0 spiro atoms. The summed E-state index contributed by atoms with van der Waals surface area (Å²) in [5.41, 5.74) is 7.81. The van der Waals surface area contributed by atoms with Gasteiger partial charge in [-0.1, -0.05) is 27.7 Å². The Hall–Kier alpha value is -2.61. The maximum absolute atomic E-state index is 13.1. The van der Waals surface area contributed by atoms with Crippen molar-refractivity contribution in [3.8, 4) is 0 Å². The zero-order valence-electron chi connectivity index (χ0n) is 23.4. The first-order chi connectivity index (χ1) is 17.9. The van der Waals surface area contributed by atoms with E-state index in [0.717, 1.165) is 19.3 Å². The largest absolute Gasteiger partial charge is 0.352 e. The lowest BCUT2D eigenvalue weighted by molar-refractivity contribution is -0.124. The molecule has 5 aliphatic rings. The van der Waals surface area contributed by atoms with E-state index in [4.69, 9.17) is 5.73 Å². The number of rotatable bonds is 6. The Morgan fingerprint density at radius 1 is 0.947 bits per heavy atom. The highest BCUT2D eigenvalue weighted by Gasteiger charge is 2.60. The van der Waals surface area contributed by atoms with Gasteiger partial charge in [0.25, 0.3) is 5.91 Å². The lowest BCUT2D eigenvalue weighted by Gasteiger charge is -2.65. The quantitative estimate of drug-likeness (QED) is 0.446. The zero-order valence-corrected chi connectivity index (χ0v) is 23.4. The van der Waals surface area contributed by atoms with E-state index in [1.807, 2.05) is 18.7 Å². The predicted molar refractivity (Wildman–Crippen MR) is 149 cm³/mol. The third-order valence-electron chi connectivity index (χ3n) is 9.54. The molecule has 208 valence electrons. The minimum absolute atomic E-state index is 0.0280. The molecule has 1 heterocycles. The summed E-state index contributed by atoms with van der Waals surface area (Å²) < 4.78 is 0. The van der Waals surface area contributed by atoms with Crippen LogP contribution in [0.2, 0.25) is 0 Å². The number of hydrogen-bond acceptors (Lipinski definition) is 4. The number of hydrogen-bond donors (Lipinski definition) is 4. The van der Waals surface area contributed by atoms with Crippen LogP contribution in [0.5, 0.6) is 0 Å². The van der Waals surface area contributed by atoms with E-state index in [1.54, 1.807) is 24.3 Å². The number of likely N-dealkylation sites (tertiary alicyclic amines) is 1. The van der Waals surface area contributed by atoms with E-state index in [-0.39, 0.29) is 35.3 Å². The third-order valence-corrected chi connectivity index (χ3v) is 9.54. The smallest absolute Gasteiger partial charge is 0.319 e. The number of nitrogens with one attached hydrogen (secondary N) is 3. The number of anilines is 1. The van der Waals surface area contributed by atoms with Crippen LogP contribution < -0.4 is 21.7 Å². The fraction of sp³-hybridized carbons (Fsp3) is 0.700. The molecule has 38 heavy (non-hydrogen) atoms. The van der Waals surface area contributed by atoms with Crippen molar-refractivity contribution >= 4 is 23.5 Å². The van der Waals surface area contributed by atoms with Gasteiger partial charge in [-0.2, -0.15) is 0 Å². The van der Waals surface area contributed by atoms with Crippen LogP contribution in [0, 0.1) is 22.7 Å². The van der Waals surface area contributed by atoms with Crippen molar-refractivity contribution in [2.75, 3.05) is 18.4 Å². The van der Waals surface area contributed by atoms with Crippen molar-refractivity contribution in [1.29, 1.82) is 0 Å². The molecule has 8 nitrogen and oxygen atoms in total. The van der Waals surface area contributed by atoms with Gasteiger partial charge in [0, 0.05) is 35.9 Å². The molecule has 5 atom stereocenters. The van der Waals surface area contributed by atoms with Crippen LogP contribution in [0.25, 0.3) is 0 Å². The summed E-state index contributed by atoms with van der Waals surface area (Å²) in [5, 5.41) is 9.41. The Morgan fingerprint density at radius 2 is 1.55 bits per heavy atom. The fourth-order valence-corrected chi connectivity index (χ4v) is 8.70. The van der Waals surface area contributed by atoms with Gasteiger partial charge in [-0.3, -0.25) is 9.59 Å². The molecule has 1 saturated heterocycles. The predicted octanol–water partition coefficient (Wildman–Crippen LogP) is 4.26. The Balaban J connectivity index is 1.12. The molecule has 1 aromatic rings. The molecular weight excluding hydrogens is 478 g/mol. The molecule has 5 N–H and O–H groups in total. The van der Waals surface area contributed by atoms with Gasteiger partial charge in [-0.05, 0) is 98.3 Å². The van der Waals surface area contributed by atoms with Gasteiger partial charge in [0.2, 0.25) is 5.91 Å². The molecule has 1 aromatic carbocycles. The fourth-order valence-electron chi connectivity index (χ4n) is 8.70. The van der Waals surface area contributed by atoms with Crippen LogP contribution in [0.4, 0.5) is 10.5 Å². The zero-order chi connectivity index (χ0) is 27.3. The molecule has 1 aliphatic heterocycles. The van der Waals surface area contributed by atoms with Crippen LogP contribution in [0.1, 0.15) is 89.4 Å². The second-order valence-corrected chi connectivity index (χ2v) is 13.9. The number of urea groups is 1. The van der Waals surface area contributed by atoms with Crippen molar-refractivity contribution in [1.82, 2.24) is 15.5 Å². The van der Waals surface area contributed by atoms with Gasteiger partial charge in [-0.15, -0.1) is 0 Å². The third kappa shape index (κ3) is 5.56. The number of nitrogens with two attached hydrogens (primary N) is 1. The molecule has 4 amide bonds. The standard InChI is InChI=1S/C30H45N5O3/c1-19(2)24(31)25(36)32-23-9-11-35(12-10-23)26(37)21-5-7-22(8-6-21)33-27(38)34-30-15-20-13-28(3,17-30)16-29(4,14-20)18-30/h5-8,19-20,23-24H,9-18,31H2,1-4H3,(H,32,36)(H2,33,34,38)/t20?,24?,28-,29+,30?. The minimum atomic E-state index is -0.511. The molecule has 5 fully saturated rings. The molecule has 4 bridgehead atoms. The Labute approximate surface area is 226 Å². The second kappa shape index (κ2) is 9.85. The van der Waals surface area contributed by atoms with Crippen molar-refractivity contribution in [2.45, 2.75) is 96.7 Å². The van der Waals surface area contributed by atoms with Crippen LogP contribution in [0.3, 0.4) is 0 Å². The van der Waals surface area contributed by atoms with E-state index in [0.29, 0.717) is 53.9 Å². The van der Waals surface area contributed by atoms with Gasteiger partial charge < -0.3 is 26.6 Å². The summed E-state index contributed by atoms with van der Waals surface area (Å²) in [7, 11) is 0. The molecule has 3 unspecified atom stereocenters. The Bertz CT molecular complexity index is 1060. The number of amides is 4. The van der Waals surface area contributed by atoms with Gasteiger partial charge in [0.1, 0.15) is 0 Å². The van der Waals surface area contributed by atoms with Crippen LogP contribution >= 0.6 is 0 Å². The number of carbonyl (C=O) groups is 3. The maximum atomic E-state index is 13.1. The summed E-state index contributed by atoms with van der Waals surface area (Å²) in [6.45, 7) is 9.85. The molecule has 8 heteroatoms. The number of piperidine rings is 1. The van der Waals surface area contributed by atoms with Gasteiger partial charge >= 0.3 is 6.03 Å². The minimum Gasteiger partial charge on any atom is -0.352 e. The molecule has 6 rings (SSSR count). The lowest BCUT2D eigenvalue weighted by Crippen LogP contribution is -2.65. The van der Waals surface area contributed by atoms with E-state index in [1.165, 1.54) is 19.3 Å². The monoisotopic (exact) mass is 523 g/mol. The molecule has 0 radical (unpaired) electrons. The maximum Gasteiger partial charge on any atom is 0.319 e. The van der Waals surface area contributed by atoms with Crippen molar-refractivity contribution in [2.24, 2.45) is 28.4 Å². The van der Waals surface area contributed by atoms with Gasteiger partial charge in [0.15, 0.2) is 0 Å². The van der Waals surface area contributed by atoms with E-state index in [9.17, 15) is 14.4 Å². The average molecular weight is 524 g/mol. The van der Waals surface area contributed by atoms with Gasteiger partial charge in [-0.25, -0.2) is 4.79 Å². The number of nitrogens with zero attached hydrogens (tertiary/aromatic N) is 1. The topological polar surface area (TPSA) is 117 Å². The van der Waals surface area contributed by atoms with E-state index < -0.39 is 6.04 Å². The SMILES string of the molecule is CC(C)C(N)C(=O)NC1CCN(C(=O)c2ccc(NC(=O)NC34CC5C[C@@](C)(C3)C[C@](C)(C5)C4)cc2)CC1. The summed E-state index contributed by atoms with van der Waals surface area (Å²) >= 11 is 0. The van der Waals surface area contributed by atoms with Crippen molar-refractivity contribution in [3.05, 3.63) is 29.8 Å². The second-order valence-electron chi connectivity index (χ2n) is 13.9. The number of benzene rings is 1. The van der Waals surface area contributed by atoms with E-state index in [2.05, 4.69) is 29.8 Å². The van der Waals surface area contributed by atoms with Crippen molar-refractivity contribution < 1.29 is 14.4 Å². The first kappa shape index (κ1) is 27.0. The summed E-state index contributed by atoms with van der Waals surface area (Å²) in [5.74, 6) is 0.651. The molecule has 4 saturated carbocycles.